The molecule has 1 aromatic carbocycles. The number of hydrogen-bond acceptors (Lipinski definition) is 7. The van der Waals surface area contributed by atoms with E-state index in [1.165, 1.54) is 64.2 Å². The SMILES string of the molecule is C1CCCC1.C1CCCC1.C=CC(C)C(O)/C=C/CCC(=O)OCc1ccccc1.[O-][Cl+3]([O-])([O-])[O-].[Zr]. The van der Waals surface area contributed by atoms with Gasteiger partial charge in [0.15, 0.2) is 0 Å². The van der Waals surface area contributed by atoms with Gasteiger partial charge in [0, 0.05) is 38.5 Å². The van der Waals surface area contributed by atoms with E-state index in [0.29, 0.717) is 19.4 Å². The molecule has 0 saturated heterocycles. The van der Waals surface area contributed by atoms with Crippen LogP contribution in [0, 0.1) is 16.2 Å². The van der Waals surface area contributed by atoms with Crippen LogP contribution in [0.5, 0.6) is 0 Å². The molecule has 204 valence electrons. The zero-order valence-electron chi connectivity index (χ0n) is 21.4. The average molecular weight is 605 g/mol. The van der Waals surface area contributed by atoms with Crippen LogP contribution >= 0.6 is 0 Å². The van der Waals surface area contributed by atoms with E-state index in [1.807, 2.05) is 37.3 Å². The number of aliphatic hydroxyl groups excluding tert-OH is 1. The second-order valence-electron chi connectivity index (χ2n) is 8.61. The molecule has 2 saturated carbocycles. The van der Waals surface area contributed by atoms with E-state index in [1.54, 1.807) is 18.2 Å². The topological polar surface area (TPSA) is 139 Å². The minimum Gasteiger partial charge on any atom is -0.461 e. The quantitative estimate of drug-likeness (QED) is 0.355. The zero-order chi connectivity index (χ0) is 26.4. The van der Waals surface area contributed by atoms with Gasteiger partial charge in [-0.05, 0) is 12.0 Å². The summed E-state index contributed by atoms with van der Waals surface area (Å²) in [6.45, 7) is 5.81. The molecule has 3 rings (SSSR count). The van der Waals surface area contributed by atoms with Crippen LogP contribution in [-0.2, 0) is 42.3 Å². The van der Waals surface area contributed by atoms with Crippen LogP contribution in [0.4, 0.5) is 0 Å². The third-order valence-electron chi connectivity index (χ3n) is 5.50. The fourth-order valence-corrected chi connectivity index (χ4v) is 3.33. The van der Waals surface area contributed by atoms with Crippen molar-refractivity contribution in [1.29, 1.82) is 0 Å². The fraction of sp³-hybridized carbons (Fsp3) is 0.593. The molecule has 1 N–H and O–H groups in total. The molecule has 2 unspecified atom stereocenters. The maximum absolute atomic E-state index is 11.5. The number of esters is 1. The first kappa shape index (κ1) is 37.3. The Morgan fingerprint density at radius 3 is 1.78 bits per heavy atom. The molecule has 2 atom stereocenters. The zero-order valence-corrected chi connectivity index (χ0v) is 24.7. The number of benzene rings is 1. The number of halogens is 1. The second kappa shape index (κ2) is 24.5. The molecule has 0 radical (unpaired) electrons. The number of aliphatic hydroxyl groups is 1. The molecule has 0 amide bonds. The molecule has 9 heteroatoms. The molecule has 2 aliphatic rings. The van der Waals surface area contributed by atoms with Crippen LogP contribution in [0.15, 0.2) is 55.1 Å². The molecule has 0 spiro atoms. The molecular weight excluding hydrogens is 563 g/mol. The molecule has 2 fully saturated rings. The summed E-state index contributed by atoms with van der Waals surface area (Å²) >= 11 is 0. The Hall–Kier alpha value is -0.857. The second-order valence-corrected chi connectivity index (χ2v) is 9.37. The van der Waals surface area contributed by atoms with Crippen molar-refractivity contribution in [2.45, 2.75) is 96.7 Å². The Labute approximate surface area is 238 Å². The van der Waals surface area contributed by atoms with Crippen LogP contribution in [0.2, 0.25) is 0 Å². The van der Waals surface area contributed by atoms with Gasteiger partial charge in [-0.3, -0.25) is 4.79 Å². The molecule has 7 nitrogen and oxygen atoms in total. The summed E-state index contributed by atoms with van der Waals surface area (Å²) in [7, 11) is -4.94. The molecule has 0 heterocycles. The van der Waals surface area contributed by atoms with E-state index >= 15 is 0 Å². The van der Waals surface area contributed by atoms with Gasteiger partial charge in [-0.1, -0.05) is 120 Å². The van der Waals surface area contributed by atoms with Gasteiger partial charge in [0.1, 0.15) is 6.61 Å². The first-order valence-corrected chi connectivity index (χ1v) is 13.7. The molecule has 0 bridgehead atoms. The van der Waals surface area contributed by atoms with Gasteiger partial charge in [-0.2, -0.15) is 0 Å². The minimum atomic E-state index is -4.94. The Morgan fingerprint density at radius 1 is 0.972 bits per heavy atom. The average Bonchev–Trinajstić information content (AvgIpc) is 3.58. The number of carbonyl (C=O) groups excluding carboxylic acids is 1. The molecule has 0 aliphatic heterocycles. The maximum Gasteiger partial charge on any atom is 0.306 e. The Bertz CT molecular complexity index is 641. The van der Waals surface area contributed by atoms with Crippen molar-refractivity contribution in [3.05, 3.63) is 60.7 Å². The summed E-state index contributed by atoms with van der Waals surface area (Å²) in [5.74, 6) is -0.221. The van der Waals surface area contributed by atoms with Crippen molar-refractivity contribution in [2.24, 2.45) is 5.92 Å². The van der Waals surface area contributed by atoms with E-state index in [9.17, 15) is 9.90 Å². The number of rotatable bonds is 8. The Morgan fingerprint density at radius 2 is 1.39 bits per heavy atom. The summed E-state index contributed by atoms with van der Waals surface area (Å²) in [5.41, 5.74) is 0.978. The normalized spacial score (nSPS) is 16.1. The van der Waals surface area contributed by atoms with E-state index in [4.69, 9.17) is 23.4 Å². The van der Waals surface area contributed by atoms with Crippen molar-refractivity contribution in [3.8, 4) is 0 Å². The van der Waals surface area contributed by atoms with Gasteiger partial charge < -0.3 is 9.84 Å². The van der Waals surface area contributed by atoms with Crippen molar-refractivity contribution in [3.63, 3.8) is 0 Å². The van der Waals surface area contributed by atoms with Crippen LogP contribution in [0.25, 0.3) is 0 Å². The van der Waals surface area contributed by atoms with Gasteiger partial charge in [-0.25, -0.2) is 18.6 Å². The first-order chi connectivity index (χ1) is 16.6. The van der Waals surface area contributed by atoms with Crippen molar-refractivity contribution in [2.75, 3.05) is 0 Å². The van der Waals surface area contributed by atoms with E-state index < -0.39 is 16.3 Å². The Kier molecular flexibility index (Phi) is 25.4. The largest absolute Gasteiger partial charge is 0.461 e. The number of ether oxygens (including phenoxy) is 1. The predicted molar refractivity (Wildman–Crippen MR) is 126 cm³/mol. The van der Waals surface area contributed by atoms with E-state index in [0.717, 1.165) is 5.56 Å². The molecule has 36 heavy (non-hydrogen) atoms. The van der Waals surface area contributed by atoms with Crippen molar-refractivity contribution >= 4 is 5.97 Å². The summed E-state index contributed by atoms with van der Waals surface area (Å²) < 4.78 is 39.1. The summed E-state index contributed by atoms with van der Waals surface area (Å²) in [5, 5.41) is 9.66. The standard InChI is InChI=1S/C17H22O3.2C5H10.ClHO4.Zr/c1-3-14(2)16(18)11-7-8-12-17(19)20-13-15-9-5-4-6-10-15;2*1-2-4-5-3-1;2-1(3,4)5;/h3-7,9-11,14,16,18H,1,8,12-13H2,2H3;2*1-5H2;(H,2,3,4,5);/p-1/b11-7+;;;;. The Balaban J connectivity index is 0. The van der Waals surface area contributed by atoms with E-state index in [-0.39, 0.29) is 38.1 Å². The van der Waals surface area contributed by atoms with Gasteiger partial charge in [0.05, 0.1) is 6.10 Å². The molecule has 0 aromatic heterocycles. The minimum absolute atomic E-state index is 0. The number of allylic oxidation sites excluding steroid dienone is 1. The van der Waals surface area contributed by atoms with Crippen LogP contribution in [0.3, 0.4) is 0 Å². The molecule has 2 aliphatic carbocycles. The van der Waals surface area contributed by atoms with E-state index in [2.05, 4.69) is 6.58 Å². The number of carbonyl (C=O) groups is 1. The maximum atomic E-state index is 11.5. The summed E-state index contributed by atoms with van der Waals surface area (Å²) in [6.07, 6.45) is 20.5. The van der Waals surface area contributed by atoms with Gasteiger partial charge in [-0.15, -0.1) is 16.8 Å². The number of hydrogen-bond donors (Lipinski definition) is 1. The molecule has 1 aromatic rings. The predicted octanol–water partition coefficient (Wildman–Crippen LogP) is 2.39. The van der Waals surface area contributed by atoms with Gasteiger partial charge in [0.2, 0.25) is 0 Å². The van der Waals surface area contributed by atoms with Gasteiger partial charge >= 0.3 is 5.97 Å². The third-order valence-corrected chi connectivity index (χ3v) is 5.50. The van der Waals surface area contributed by atoms with Crippen LogP contribution in [-0.4, -0.2) is 17.2 Å². The molecular formula is C27H42ClO7Zr-. The van der Waals surface area contributed by atoms with Crippen molar-refractivity contribution in [1.82, 2.24) is 0 Å². The first-order valence-electron chi connectivity index (χ1n) is 12.4. The fourth-order valence-electron chi connectivity index (χ4n) is 3.33. The third kappa shape index (κ3) is 27.7. The summed E-state index contributed by atoms with van der Waals surface area (Å²) in [6, 6.07) is 9.58. The summed E-state index contributed by atoms with van der Waals surface area (Å²) in [4.78, 5) is 11.5. The smallest absolute Gasteiger partial charge is 0.306 e. The van der Waals surface area contributed by atoms with Crippen LogP contribution < -0.4 is 18.6 Å². The monoisotopic (exact) mass is 603 g/mol. The van der Waals surface area contributed by atoms with Crippen LogP contribution in [0.1, 0.15) is 89.5 Å². The van der Waals surface area contributed by atoms with Gasteiger partial charge in [0.25, 0.3) is 0 Å². The van der Waals surface area contributed by atoms with Crippen molar-refractivity contribution < 1.29 is 69.7 Å².